The number of halogens is 3. The highest BCUT2D eigenvalue weighted by molar-refractivity contribution is 7.18. The summed E-state index contributed by atoms with van der Waals surface area (Å²) in [6.07, 6.45) is -0.226. The molecule has 0 unspecified atom stereocenters. The minimum atomic E-state index is -4.21. The molecule has 0 bridgehead atoms. The maximum absolute atomic E-state index is 12.9. The number of rotatable bonds is 5. The minimum Gasteiger partial charge on any atom is -0.381 e. The molecule has 176 valence electrons. The Balaban J connectivity index is 1.28. The molecule has 0 N–H and O–H groups in total. The number of hydrogen-bond donors (Lipinski definition) is 0. The molecule has 5 rings (SSSR count). The van der Waals surface area contributed by atoms with Crippen molar-refractivity contribution < 1.29 is 17.9 Å². The van der Waals surface area contributed by atoms with Crippen molar-refractivity contribution in [3.05, 3.63) is 17.3 Å². The van der Waals surface area contributed by atoms with Crippen molar-refractivity contribution in [3.63, 3.8) is 0 Å². The van der Waals surface area contributed by atoms with Crippen LogP contribution in [0.15, 0.2) is 12.4 Å². The monoisotopic (exact) mass is 468 g/mol. The van der Waals surface area contributed by atoms with Gasteiger partial charge in [-0.25, -0.2) is 9.97 Å². The second-order valence-electron chi connectivity index (χ2n) is 10.2. The molecule has 0 radical (unpaired) electrons. The fourth-order valence-corrected chi connectivity index (χ4v) is 7.17. The Labute approximate surface area is 191 Å². The highest BCUT2D eigenvalue weighted by Gasteiger charge is 2.51. The number of aromatic nitrogens is 2. The summed E-state index contributed by atoms with van der Waals surface area (Å²) in [4.78, 5) is 14.6. The first-order valence-corrected chi connectivity index (χ1v) is 12.4. The summed E-state index contributed by atoms with van der Waals surface area (Å²) in [5, 5.41) is 0.757. The van der Waals surface area contributed by atoms with E-state index in [1.807, 2.05) is 0 Å². The molecule has 3 aliphatic rings. The first kappa shape index (κ1) is 22.3. The van der Waals surface area contributed by atoms with Gasteiger partial charge in [-0.3, -0.25) is 4.90 Å². The summed E-state index contributed by atoms with van der Waals surface area (Å²) in [5.41, 5.74) is 0.264. The molecule has 5 heterocycles. The first-order chi connectivity index (χ1) is 15.2. The van der Waals surface area contributed by atoms with Crippen LogP contribution in [0, 0.1) is 17.3 Å². The van der Waals surface area contributed by atoms with E-state index in [9.17, 15) is 13.2 Å². The summed E-state index contributed by atoms with van der Waals surface area (Å²) >= 11 is 1.12. The lowest BCUT2D eigenvalue weighted by Crippen LogP contribution is -2.63. The van der Waals surface area contributed by atoms with Gasteiger partial charge in [0, 0.05) is 55.7 Å². The summed E-state index contributed by atoms with van der Waals surface area (Å²) in [6, 6.07) is 2.24. The van der Waals surface area contributed by atoms with Crippen LogP contribution in [0.25, 0.3) is 10.2 Å². The number of hydrogen-bond acceptors (Lipinski definition) is 6. The van der Waals surface area contributed by atoms with Gasteiger partial charge in [-0.1, -0.05) is 13.8 Å². The van der Waals surface area contributed by atoms with Gasteiger partial charge < -0.3 is 9.64 Å². The van der Waals surface area contributed by atoms with E-state index in [-0.39, 0.29) is 5.41 Å². The van der Waals surface area contributed by atoms with Gasteiger partial charge in [0.25, 0.3) is 0 Å². The lowest BCUT2D eigenvalue weighted by molar-refractivity contribution is -0.126. The zero-order valence-electron chi connectivity index (χ0n) is 18.7. The molecule has 3 fully saturated rings. The van der Waals surface area contributed by atoms with Crippen molar-refractivity contribution in [1.29, 1.82) is 0 Å². The van der Waals surface area contributed by atoms with E-state index in [4.69, 9.17) is 4.74 Å². The van der Waals surface area contributed by atoms with Gasteiger partial charge in [-0.05, 0) is 37.2 Å². The molecule has 5 nitrogen and oxygen atoms in total. The zero-order valence-corrected chi connectivity index (χ0v) is 19.5. The lowest BCUT2D eigenvalue weighted by Gasteiger charge is -2.55. The normalized spacial score (nSPS) is 23.4. The molecule has 2 aromatic rings. The molecule has 2 aromatic heterocycles. The fraction of sp³-hybridized carbons (Fsp3) is 0.739. The quantitative estimate of drug-likeness (QED) is 0.633. The highest BCUT2D eigenvalue weighted by Crippen LogP contribution is 2.45. The third-order valence-electron chi connectivity index (χ3n) is 7.40. The molecule has 0 saturated carbocycles. The predicted octanol–water partition coefficient (Wildman–Crippen LogP) is 4.76. The van der Waals surface area contributed by atoms with Crippen molar-refractivity contribution in [2.75, 3.05) is 44.3 Å². The third-order valence-corrected chi connectivity index (χ3v) is 8.45. The summed E-state index contributed by atoms with van der Waals surface area (Å²) < 4.78 is 44.2. The van der Waals surface area contributed by atoms with E-state index in [1.165, 1.54) is 6.33 Å². The Morgan fingerprint density at radius 3 is 2.62 bits per heavy atom. The molecule has 1 atom stereocenters. The second-order valence-corrected chi connectivity index (χ2v) is 11.3. The Bertz CT molecular complexity index is 950. The van der Waals surface area contributed by atoms with Crippen LogP contribution in [-0.2, 0) is 11.2 Å². The summed E-state index contributed by atoms with van der Waals surface area (Å²) in [7, 11) is 0. The third kappa shape index (κ3) is 4.35. The number of fused-ring (bicyclic) bond motifs is 1. The van der Waals surface area contributed by atoms with Crippen LogP contribution in [-0.4, -0.2) is 66.5 Å². The second kappa shape index (κ2) is 8.40. The average molecular weight is 469 g/mol. The molecular formula is C23H31F3N4OS. The Morgan fingerprint density at radius 1 is 1.19 bits per heavy atom. The van der Waals surface area contributed by atoms with E-state index >= 15 is 0 Å². The molecule has 1 spiro atoms. The first-order valence-electron chi connectivity index (χ1n) is 11.6. The molecule has 0 amide bonds. The number of ether oxygens (including phenoxy) is 1. The molecular weight excluding hydrogens is 437 g/mol. The predicted molar refractivity (Wildman–Crippen MR) is 120 cm³/mol. The van der Waals surface area contributed by atoms with Crippen LogP contribution in [0.5, 0.6) is 0 Å². The Kier molecular flexibility index (Phi) is 5.87. The van der Waals surface area contributed by atoms with E-state index in [0.717, 1.165) is 81.2 Å². The summed E-state index contributed by atoms with van der Waals surface area (Å²) in [5.74, 6) is 2.12. The minimum absolute atomic E-state index is 0.264. The van der Waals surface area contributed by atoms with Gasteiger partial charge in [-0.2, -0.15) is 13.2 Å². The van der Waals surface area contributed by atoms with E-state index in [1.54, 1.807) is 6.07 Å². The van der Waals surface area contributed by atoms with Gasteiger partial charge in [0.1, 0.15) is 17.0 Å². The topological polar surface area (TPSA) is 41.5 Å². The van der Waals surface area contributed by atoms with E-state index in [2.05, 4.69) is 33.6 Å². The highest BCUT2D eigenvalue weighted by atomic mass is 32.1. The molecule has 32 heavy (non-hydrogen) atoms. The number of thiophene rings is 1. The van der Waals surface area contributed by atoms with Crippen LogP contribution < -0.4 is 4.90 Å². The van der Waals surface area contributed by atoms with Crippen LogP contribution in [0.4, 0.5) is 19.0 Å². The van der Waals surface area contributed by atoms with Crippen molar-refractivity contribution in [3.8, 4) is 0 Å². The van der Waals surface area contributed by atoms with Gasteiger partial charge in [0.05, 0.1) is 11.8 Å². The van der Waals surface area contributed by atoms with Crippen LogP contribution in [0.1, 0.15) is 38.0 Å². The van der Waals surface area contributed by atoms with E-state index in [0.29, 0.717) is 27.6 Å². The smallest absolute Gasteiger partial charge is 0.381 e. The van der Waals surface area contributed by atoms with Gasteiger partial charge in [0.15, 0.2) is 0 Å². The Morgan fingerprint density at radius 2 is 1.94 bits per heavy atom. The SMILES string of the molecule is CC(C)[C@@H](C1CCOCC1)N1CC2(CCN(c3ncnc4sc(CC(F)(F)F)cc34)C2)C1. The lowest BCUT2D eigenvalue weighted by atomic mass is 9.74. The van der Waals surface area contributed by atoms with Crippen LogP contribution in [0.3, 0.4) is 0 Å². The molecule has 9 heteroatoms. The van der Waals surface area contributed by atoms with Crippen molar-refractivity contribution >= 4 is 27.4 Å². The molecule has 3 saturated heterocycles. The number of nitrogens with zero attached hydrogens (tertiary/aromatic N) is 4. The Hall–Kier alpha value is -1.45. The van der Waals surface area contributed by atoms with Gasteiger partial charge in [0.2, 0.25) is 0 Å². The molecule has 0 aliphatic carbocycles. The van der Waals surface area contributed by atoms with Gasteiger partial charge in [-0.15, -0.1) is 11.3 Å². The maximum Gasteiger partial charge on any atom is 0.393 e. The standard InChI is InChI=1S/C23H31F3N4OS/c1-15(2)19(16-3-7-31-8-4-16)30-12-22(13-30)5-6-29(11-22)20-18-9-17(10-23(24,25)26)32-21(18)28-14-27-20/h9,14-16,19H,3-8,10-13H2,1-2H3/t19-/m0/s1. The number of alkyl halides is 3. The molecule has 0 aromatic carbocycles. The summed E-state index contributed by atoms with van der Waals surface area (Å²) in [6.45, 7) is 10.4. The van der Waals surface area contributed by atoms with E-state index < -0.39 is 12.6 Å². The number of anilines is 1. The number of likely N-dealkylation sites (tertiary alicyclic amines) is 1. The van der Waals surface area contributed by atoms with Crippen molar-refractivity contribution in [1.82, 2.24) is 14.9 Å². The maximum atomic E-state index is 12.9. The fourth-order valence-electron chi connectivity index (χ4n) is 6.15. The van der Waals surface area contributed by atoms with Crippen molar-refractivity contribution in [2.45, 2.75) is 51.7 Å². The average Bonchev–Trinajstić information content (AvgIpc) is 3.31. The van der Waals surface area contributed by atoms with Crippen molar-refractivity contribution in [2.24, 2.45) is 17.3 Å². The zero-order chi connectivity index (χ0) is 22.5. The molecule has 3 aliphatic heterocycles. The van der Waals surface area contributed by atoms with Crippen LogP contribution >= 0.6 is 11.3 Å². The van der Waals surface area contributed by atoms with Crippen LogP contribution in [0.2, 0.25) is 0 Å². The van der Waals surface area contributed by atoms with Gasteiger partial charge >= 0.3 is 6.18 Å². The largest absolute Gasteiger partial charge is 0.393 e.